The third-order valence-corrected chi connectivity index (χ3v) is 5.03. The molecule has 0 heterocycles. The van der Waals surface area contributed by atoms with Gasteiger partial charge < -0.3 is 10.1 Å². The molecular weight excluding hydrogens is 354 g/mol. The second kappa shape index (κ2) is 8.31. The zero-order chi connectivity index (χ0) is 19.3. The molecule has 26 heavy (non-hydrogen) atoms. The Morgan fingerprint density at radius 3 is 2.38 bits per heavy atom. The van der Waals surface area contributed by atoms with Gasteiger partial charge in [-0.2, -0.15) is 0 Å². The zero-order valence-electron chi connectivity index (χ0n) is 15.0. The van der Waals surface area contributed by atoms with Gasteiger partial charge in [-0.1, -0.05) is 18.2 Å². The number of sulfonamides is 1. The molecule has 0 radical (unpaired) electrons. The average Bonchev–Trinajstić information content (AvgIpc) is 2.61. The number of nitrogens with two attached hydrogens (primary N) is 1. The van der Waals surface area contributed by atoms with Crippen LogP contribution >= 0.6 is 0 Å². The summed E-state index contributed by atoms with van der Waals surface area (Å²) in [6, 6.07) is 13.0. The maximum atomic E-state index is 12.5. The molecule has 8 heteroatoms. The number of anilines is 1. The van der Waals surface area contributed by atoms with Crippen molar-refractivity contribution in [2.75, 3.05) is 19.5 Å². The van der Waals surface area contributed by atoms with Crippen LogP contribution in [0.3, 0.4) is 0 Å². The standard InChI is InChI=1S/C18H23N3O4S/c1-13(21(2)12-14-6-4-5-7-17(14)25-3)18(22)20-15-8-10-16(11-9-15)26(19,23)24/h4-11,13H,12H2,1-3H3,(H,20,22)(H2,19,23,24). The predicted molar refractivity (Wildman–Crippen MR) is 100 cm³/mol. The van der Waals surface area contributed by atoms with Gasteiger partial charge in [-0.25, -0.2) is 13.6 Å². The molecular formula is C18H23N3O4S. The molecule has 140 valence electrons. The lowest BCUT2D eigenvalue weighted by atomic mass is 10.1. The third kappa shape index (κ3) is 5.04. The molecule has 0 aliphatic heterocycles. The van der Waals surface area contributed by atoms with Crippen LogP contribution in [0.25, 0.3) is 0 Å². The monoisotopic (exact) mass is 377 g/mol. The van der Waals surface area contributed by atoms with E-state index in [1.54, 1.807) is 14.0 Å². The van der Waals surface area contributed by atoms with Gasteiger partial charge in [0.25, 0.3) is 0 Å². The van der Waals surface area contributed by atoms with Crippen LogP contribution in [0, 0.1) is 0 Å². The highest BCUT2D eigenvalue weighted by atomic mass is 32.2. The largest absolute Gasteiger partial charge is 0.496 e. The summed E-state index contributed by atoms with van der Waals surface area (Å²) in [6.07, 6.45) is 0. The van der Waals surface area contributed by atoms with Crippen molar-refractivity contribution in [2.45, 2.75) is 24.4 Å². The van der Waals surface area contributed by atoms with Gasteiger partial charge in [0.1, 0.15) is 5.75 Å². The van der Waals surface area contributed by atoms with E-state index in [1.807, 2.05) is 36.2 Å². The first-order valence-corrected chi connectivity index (χ1v) is 9.53. The fourth-order valence-electron chi connectivity index (χ4n) is 2.41. The van der Waals surface area contributed by atoms with Crippen LogP contribution in [0.15, 0.2) is 53.4 Å². The molecule has 0 spiro atoms. The average molecular weight is 377 g/mol. The first-order valence-electron chi connectivity index (χ1n) is 7.98. The van der Waals surface area contributed by atoms with E-state index < -0.39 is 16.1 Å². The number of likely N-dealkylation sites (N-methyl/N-ethyl adjacent to an activating group) is 1. The minimum Gasteiger partial charge on any atom is -0.496 e. The fourth-order valence-corrected chi connectivity index (χ4v) is 2.93. The molecule has 0 aromatic heterocycles. The van der Waals surface area contributed by atoms with Gasteiger partial charge in [-0.05, 0) is 44.3 Å². The Kier molecular flexibility index (Phi) is 6.36. The third-order valence-electron chi connectivity index (χ3n) is 4.10. The van der Waals surface area contributed by atoms with Crippen molar-refractivity contribution >= 4 is 21.6 Å². The summed E-state index contributed by atoms with van der Waals surface area (Å²) < 4.78 is 27.9. The number of carbonyl (C=O) groups excluding carboxylic acids is 1. The van der Waals surface area contributed by atoms with Crippen molar-refractivity contribution in [1.82, 2.24) is 4.90 Å². The van der Waals surface area contributed by atoms with Gasteiger partial charge in [0.15, 0.2) is 0 Å². The van der Waals surface area contributed by atoms with E-state index in [0.29, 0.717) is 12.2 Å². The molecule has 1 amide bonds. The Morgan fingerprint density at radius 1 is 1.19 bits per heavy atom. The second-order valence-electron chi connectivity index (χ2n) is 5.96. The van der Waals surface area contributed by atoms with Gasteiger partial charge in [-0.3, -0.25) is 9.69 Å². The number of rotatable bonds is 7. The molecule has 1 unspecified atom stereocenters. The molecule has 2 aromatic carbocycles. The topological polar surface area (TPSA) is 102 Å². The van der Waals surface area contributed by atoms with Crippen LogP contribution in [0.1, 0.15) is 12.5 Å². The number of nitrogens with one attached hydrogen (secondary N) is 1. The first kappa shape index (κ1) is 19.9. The van der Waals surface area contributed by atoms with Crippen LogP contribution in [-0.2, 0) is 21.4 Å². The maximum Gasteiger partial charge on any atom is 0.241 e. The van der Waals surface area contributed by atoms with E-state index in [4.69, 9.17) is 9.88 Å². The molecule has 0 aliphatic carbocycles. The molecule has 0 saturated heterocycles. The lowest BCUT2D eigenvalue weighted by Crippen LogP contribution is -2.39. The quantitative estimate of drug-likeness (QED) is 0.766. The number of para-hydroxylation sites is 1. The predicted octanol–water partition coefficient (Wildman–Crippen LogP) is 1.80. The van der Waals surface area contributed by atoms with Crippen molar-refractivity contribution in [3.63, 3.8) is 0 Å². The minimum absolute atomic E-state index is 0.00293. The second-order valence-corrected chi connectivity index (χ2v) is 7.52. The molecule has 2 aromatic rings. The number of methoxy groups -OCH3 is 1. The molecule has 1 atom stereocenters. The van der Waals surface area contributed by atoms with Crippen molar-refractivity contribution in [3.8, 4) is 5.75 Å². The van der Waals surface area contributed by atoms with Crippen molar-refractivity contribution < 1.29 is 17.9 Å². The molecule has 0 saturated carbocycles. The number of benzene rings is 2. The van der Waals surface area contributed by atoms with E-state index in [0.717, 1.165) is 11.3 Å². The Labute approximate surface area is 153 Å². The lowest BCUT2D eigenvalue weighted by molar-refractivity contribution is -0.120. The van der Waals surface area contributed by atoms with Crippen LogP contribution in [0.5, 0.6) is 5.75 Å². The van der Waals surface area contributed by atoms with Crippen molar-refractivity contribution in [1.29, 1.82) is 0 Å². The highest BCUT2D eigenvalue weighted by Gasteiger charge is 2.19. The molecule has 0 fully saturated rings. The number of primary sulfonamides is 1. The van der Waals surface area contributed by atoms with Crippen LogP contribution in [0.4, 0.5) is 5.69 Å². The van der Waals surface area contributed by atoms with Crippen molar-refractivity contribution in [3.05, 3.63) is 54.1 Å². The molecule has 3 N–H and O–H groups in total. The zero-order valence-corrected chi connectivity index (χ0v) is 15.8. The van der Waals surface area contributed by atoms with Crippen LogP contribution in [0.2, 0.25) is 0 Å². The van der Waals surface area contributed by atoms with Gasteiger partial charge >= 0.3 is 0 Å². The Balaban J connectivity index is 2.02. The number of amides is 1. The van der Waals surface area contributed by atoms with E-state index >= 15 is 0 Å². The summed E-state index contributed by atoms with van der Waals surface area (Å²) in [6.45, 7) is 2.34. The number of nitrogens with zero attached hydrogens (tertiary/aromatic N) is 1. The Morgan fingerprint density at radius 2 is 1.81 bits per heavy atom. The van der Waals surface area contributed by atoms with Gasteiger partial charge in [0.05, 0.1) is 18.0 Å². The number of ether oxygens (including phenoxy) is 1. The number of hydrogen-bond acceptors (Lipinski definition) is 5. The van der Waals surface area contributed by atoms with Gasteiger partial charge in [0.2, 0.25) is 15.9 Å². The summed E-state index contributed by atoms with van der Waals surface area (Å²) in [7, 11) is -0.293. The van der Waals surface area contributed by atoms with E-state index in [2.05, 4.69) is 5.32 Å². The number of hydrogen-bond donors (Lipinski definition) is 2. The number of carbonyl (C=O) groups is 1. The maximum absolute atomic E-state index is 12.5. The van der Waals surface area contributed by atoms with Crippen LogP contribution in [-0.4, -0.2) is 39.4 Å². The van der Waals surface area contributed by atoms with E-state index in [1.165, 1.54) is 24.3 Å². The highest BCUT2D eigenvalue weighted by molar-refractivity contribution is 7.89. The SMILES string of the molecule is COc1ccccc1CN(C)C(C)C(=O)Nc1ccc(S(N)(=O)=O)cc1. The van der Waals surface area contributed by atoms with Gasteiger partial charge in [0, 0.05) is 17.8 Å². The Hall–Kier alpha value is -2.42. The molecule has 0 bridgehead atoms. The Bertz CT molecular complexity index is 866. The van der Waals surface area contributed by atoms with Crippen LogP contribution < -0.4 is 15.2 Å². The summed E-state index contributed by atoms with van der Waals surface area (Å²) in [4.78, 5) is 14.3. The summed E-state index contributed by atoms with van der Waals surface area (Å²) in [5.74, 6) is 0.566. The fraction of sp³-hybridized carbons (Fsp3) is 0.278. The normalized spacial score (nSPS) is 12.7. The summed E-state index contributed by atoms with van der Waals surface area (Å²) in [5, 5.41) is 7.83. The van der Waals surface area contributed by atoms with Gasteiger partial charge in [-0.15, -0.1) is 0 Å². The molecule has 0 aliphatic rings. The minimum atomic E-state index is -3.75. The molecule has 2 rings (SSSR count). The van der Waals surface area contributed by atoms with E-state index in [-0.39, 0.29) is 10.8 Å². The summed E-state index contributed by atoms with van der Waals surface area (Å²) in [5.41, 5.74) is 1.48. The lowest BCUT2D eigenvalue weighted by Gasteiger charge is -2.24. The first-order chi connectivity index (χ1) is 12.2. The highest BCUT2D eigenvalue weighted by Crippen LogP contribution is 2.20. The summed E-state index contributed by atoms with van der Waals surface area (Å²) >= 11 is 0. The smallest absolute Gasteiger partial charge is 0.241 e. The molecule has 7 nitrogen and oxygen atoms in total. The van der Waals surface area contributed by atoms with E-state index in [9.17, 15) is 13.2 Å². The van der Waals surface area contributed by atoms with Crippen molar-refractivity contribution in [2.24, 2.45) is 5.14 Å².